The van der Waals surface area contributed by atoms with Crippen molar-refractivity contribution < 1.29 is 19.1 Å². The summed E-state index contributed by atoms with van der Waals surface area (Å²) in [7, 11) is 0. The number of nitrogens with one attached hydrogen (secondary N) is 1. The third kappa shape index (κ3) is 6.25. The Labute approximate surface area is 146 Å². The van der Waals surface area contributed by atoms with E-state index in [1.807, 2.05) is 30.3 Å². The molecule has 0 aliphatic heterocycles. The maximum Gasteiger partial charge on any atom is 0.318 e. The minimum atomic E-state index is -0.901. The van der Waals surface area contributed by atoms with Crippen LogP contribution in [0.5, 0.6) is 0 Å². The van der Waals surface area contributed by atoms with Crippen LogP contribution in [0.2, 0.25) is 0 Å². The second-order valence-corrected chi connectivity index (χ2v) is 5.66. The smallest absolute Gasteiger partial charge is 0.318 e. The van der Waals surface area contributed by atoms with Gasteiger partial charge in [-0.05, 0) is 18.1 Å². The molecule has 2 aromatic carbocycles. The van der Waals surface area contributed by atoms with Gasteiger partial charge in [-0.1, -0.05) is 48.5 Å². The molecule has 0 bridgehead atoms. The molecule has 2 N–H and O–H groups in total. The molecule has 2 rings (SSSR count). The van der Waals surface area contributed by atoms with Crippen LogP contribution in [0.4, 0.5) is 9.18 Å². The summed E-state index contributed by atoms with van der Waals surface area (Å²) < 4.78 is 13.9. The fraction of sp³-hybridized carbons (Fsp3) is 0.263. The molecule has 0 unspecified atom stereocenters. The van der Waals surface area contributed by atoms with Gasteiger partial charge in [0.2, 0.25) is 0 Å². The molecule has 0 radical (unpaired) electrons. The fourth-order valence-corrected chi connectivity index (χ4v) is 2.38. The zero-order valence-electron chi connectivity index (χ0n) is 13.8. The van der Waals surface area contributed by atoms with Crippen LogP contribution in [0.1, 0.15) is 24.0 Å². The Kier molecular flexibility index (Phi) is 6.95. The number of halogens is 1. The van der Waals surface area contributed by atoms with Gasteiger partial charge in [0.15, 0.2) is 0 Å². The number of hydrogen-bond acceptors (Lipinski definition) is 2. The first-order valence-corrected chi connectivity index (χ1v) is 8.08. The van der Waals surface area contributed by atoms with Crippen LogP contribution in [-0.4, -0.2) is 28.6 Å². The van der Waals surface area contributed by atoms with Crippen LogP contribution in [0.25, 0.3) is 0 Å². The van der Waals surface area contributed by atoms with Gasteiger partial charge in [-0.3, -0.25) is 4.79 Å². The molecule has 0 spiro atoms. The Balaban J connectivity index is 2.04. The highest BCUT2D eigenvalue weighted by atomic mass is 19.1. The van der Waals surface area contributed by atoms with E-state index in [0.29, 0.717) is 18.5 Å². The van der Waals surface area contributed by atoms with Crippen LogP contribution in [-0.2, 0) is 17.9 Å². The second kappa shape index (κ2) is 9.42. The monoisotopic (exact) mass is 344 g/mol. The lowest BCUT2D eigenvalue weighted by molar-refractivity contribution is -0.137. The van der Waals surface area contributed by atoms with Crippen molar-refractivity contribution in [1.29, 1.82) is 0 Å². The number of carboxylic acid groups (broad SMARTS) is 1. The minimum absolute atomic E-state index is 0.00766. The van der Waals surface area contributed by atoms with Gasteiger partial charge in [0.05, 0.1) is 6.54 Å². The minimum Gasteiger partial charge on any atom is -0.481 e. The van der Waals surface area contributed by atoms with Crippen LogP contribution in [0.15, 0.2) is 54.6 Å². The summed E-state index contributed by atoms with van der Waals surface area (Å²) in [4.78, 5) is 24.5. The summed E-state index contributed by atoms with van der Waals surface area (Å²) in [6.45, 7) is 0.722. The van der Waals surface area contributed by atoms with E-state index >= 15 is 0 Å². The van der Waals surface area contributed by atoms with Gasteiger partial charge in [-0.15, -0.1) is 0 Å². The third-order valence-corrected chi connectivity index (χ3v) is 3.67. The number of carbonyl (C=O) groups is 2. The van der Waals surface area contributed by atoms with E-state index < -0.39 is 5.97 Å². The molecular formula is C19H21FN2O3. The number of benzene rings is 2. The number of carboxylic acids is 1. The maximum atomic E-state index is 13.9. The predicted molar refractivity (Wildman–Crippen MR) is 92.4 cm³/mol. The maximum absolute atomic E-state index is 13.9. The van der Waals surface area contributed by atoms with E-state index in [0.717, 1.165) is 5.56 Å². The number of urea groups is 1. The van der Waals surface area contributed by atoms with Gasteiger partial charge in [-0.2, -0.15) is 0 Å². The van der Waals surface area contributed by atoms with E-state index in [4.69, 9.17) is 5.11 Å². The average molecular weight is 344 g/mol. The van der Waals surface area contributed by atoms with Gasteiger partial charge < -0.3 is 15.3 Å². The third-order valence-electron chi connectivity index (χ3n) is 3.67. The fourth-order valence-electron chi connectivity index (χ4n) is 2.38. The van der Waals surface area contributed by atoms with Gasteiger partial charge in [0, 0.05) is 25.1 Å². The molecule has 25 heavy (non-hydrogen) atoms. The standard InChI is InChI=1S/C19H21FN2O3/c20-17-10-5-4-9-16(17)14-22(13-15-7-2-1-3-8-15)19(25)21-12-6-11-18(23)24/h1-5,7-10H,6,11-14H2,(H,21,25)(H,23,24). The molecule has 0 aromatic heterocycles. The normalized spacial score (nSPS) is 10.3. The number of aliphatic carboxylic acids is 1. The van der Waals surface area contributed by atoms with E-state index in [1.54, 1.807) is 18.2 Å². The molecule has 2 amide bonds. The highest BCUT2D eigenvalue weighted by Gasteiger charge is 2.16. The first kappa shape index (κ1) is 18.4. The average Bonchev–Trinajstić information content (AvgIpc) is 2.60. The SMILES string of the molecule is O=C(O)CCCNC(=O)N(Cc1ccccc1)Cc1ccccc1F. The molecule has 0 heterocycles. The lowest BCUT2D eigenvalue weighted by atomic mass is 10.1. The van der Waals surface area contributed by atoms with Crippen molar-refractivity contribution in [1.82, 2.24) is 10.2 Å². The van der Waals surface area contributed by atoms with E-state index in [-0.39, 0.29) is 31.4 Å². The quantitative estimate of drug-likeness (QED) is 0.721. The van der Waals surface area contributed by atoms with Crippen molar-refractivity contribution in [3.8, 4) is 0 Å². The first-order chi connectivity index (χ1) is 12.1. The number of hydrogen-bond donors (Lipinski definition) is 2. The molecule has 0 atom stereocenters. The van der Waals surface area contributed by atoms with E-state index in [9.17, 15) is 14.0 Å². The molecule has 0 fully saturated rings. The van der Waals surface area contributed by atoms with Gasteiger partial charge >= 0.3 is 12.0 Å². The molecule has 6 heteroatoms. The Morgan fingerprint density at radius 2 is 1.68 bits per heavy atom. The van der Waals surface area contributed by atoms with Crippen LogP contribution in [0, 0.1) is 5.82 Å². The number of carbonyl (C=O) groups excluding carboxylic acids is 1. The van der Waals surface area contributed by atoms with E-state index in [2.05, 4.69) is 5.32 Å². The first-order valence-electron chi connectivity index (χ1n) is 8.08. The molecule has 0 saturated carbocycles. The van der Waals surface area contributed by atoms with Crippen LogP contribution in [0.3, 0.4) is 0 Å². The summed E-state index contributed by atoms with van der Waals surface area (Å²) in [5, 5.41) is 11.3. The van der Waals surface area contributed by atoms with Crippen molar-refractivity contribution in [3.05, 3.63) is 71.5 Å². The summed E-state index contributed by atoms with van der Waals surface area (Å²) in [6.07, 6.45) is 0.340. The molecule has 0 aliphatic rings. The molecule has 132 valence electrons. The predicted octanol–water partition coefficient (Wildman–Crippen LogP) is 3.40. The largest absolute Gasteiger partial charge is 0.481 e. The Bertz CT molecular complexity index is 707. The topological polar surface area (TPSA) is 69.6 Å². The highest BCUT2D eigenvalue weighted by Crippen LogP contribution is 2.13. The lowest BCUT2D eigenvalue weighted by Crippen LogP contribution is -2.39. The lowest BCUT2D eigenvalue weighted by Gasteiger charge is -2.23. The van der Waals surface area contributed by atoms with E-state index in [1.165, 1.54) is 11.0 Å². The summed E-state index contributed by atoms with van der Waals surface area (Å²) in [6, 6.07) is 15.4. The van der Waals surface area contributed by atoms with Crippen LogP contribution < -0.4 is 5.32 Å². The zero-order chi connectivity index (χ0) is 18.1. The van der Waals surface area contributed by atoms with Crippen molar-refractivity contribution in [3.63, 3.8) is 0 Å². The highest BCUT2D eigenvalue weighted by molar-refractivity contribution is 5.74. The molecule has 5 nitrogen and oxygen atoms in total. The van der Waals surface area contributed by atoms with Crippen LogP contribution >= 0.6 is 0 Å². The number of nitrogens with zero attached hydrogens (tertiary/aromatic N) is 1. The van der Waals surface area contributed by atoms with Crippen molar-refractivity contribution >= 4 is 12.0 Å². The summed E-state index contributed by atoms with van der Waals surface area (Å²) in [5.41, 5.74) is 1.36. The zero-order valence-corrected chi connectivity index (χ0v) is 13.8. The van der Waals surface area contributed by atoms with Gasteiger partial charge in [0.25, 0.3) is 0 Å². The van der Waals surface area contributed by atoms with Crippen molar-refractivity contribution in [2.45, 2.75) is 25.9 Å². The molecular weight excluding hydrogens is 323 g/mol. The summed E-state index contributed by atoms with van der Waals surface area (Å²) >= 11 is 0. The Morgan fingerprint density at radius 3 is 2.36 bits per heavy atom. The number of rotatable bonds is 8. The van der Waals surface area contributed by atoms with Gasteiger partial charge in [-0.25, -0.2) is 9.18 Å². The molecule has 2 aromatic rings. The van der Waals surface area contributed by atoms with Crippen molar-refractivity contribution in [2.75, 3.05) is 6.54 Å². The Morgan fingerprint density at radius 1 is 1.00 bits per heavy atom. The Hall–Kier alpha value is -2.89. The summed E-state index contributed by atoms with van der Waals surface area (Å²) in [5.74, 6) is -1.26. The molecule has 0 aliphatic carbocycles. The number of amides is 2. The molecule has 0 saturated heterocycles. The van der Waals surface area contributed by atoms with Gasteiger partial charge in [0.1, 0.15) is 5.82 Å². The second-order valence-electron chi connectivity index (χ2n) is 5.66. The van der Waals surface area contributed by atoms with Crippen molar-refractivity contribution in [2.24, 2.45) is 0 Å².